The van der Waals surface area contributed by atoms with Crippen molar-refractivity contribution in [1.29, 1.82) is 0 Å². The van der Waals surface area contributed by atoms with Gasteiger partial charge in [-0.25, -0.2) is 14.6 Å². The van der Waals surface area contributed by atoms with Crippen molar-refractivity contribution in [2.24, 2.45) is 0 Å². The monoisotopic (exact) mass is 355 g/mol. The molecule has 0 saturated carbocycles. The molecule has 0 radical (unpaired) electrons. The molecule has 25 heavy (non-hydrogen) atoms. The molecule has 0 aliphatic carbocycles. The van der Waals surface area contributed by atoms with Gasteiger partial charge in [0.05, 0.1) is 0 Å². The molecule has 7 nitrogen and oxygen atoms in total. The molecule has 1 aromatic rings. The van der Waals surface area contributed by atoms with E-state index in [0.717, 1.165) is 18.9 Å². The van der Waals surface area contributed by atoms with Crippen LogP contribution in [0, 0.1) is 5.95 Å². The molecule has 0 aliphatic heterocycles. The number of nitrogens with zero attached hydrogens (tertiary/aromatic N) is 1. The lowest BCUT2D eigenvalue weighted by atomic mass is 10.1. The number of rotatable bonds is 8. The number of anilines is 1. The Morgan fingerprint density at radius 3 is 2.60 bits per heavy atom. The summed E-state index contributed by atoms with van der Waals surface area (Å²) in [6.45, 7) is 7.74. The molecule has 0 aliphatic rings. The van der Waals surface area contributed by atoms with Crippen LogP contribution in [0.3, 0.4) is 0 Å². The van der Waals surface area contributed by atoms with Gasteiger partial charge in [-0.3, -0.25) is 0 Å². The lowest BCUT2D eigenvalue weighted by Gasteiger charge is -2.19. The van der Waals surface area contributed by atoms with Gasteiger partial charge in [0, 0.05) is 12.6 Å². The van der Waals surface area contributed by atoms with Gasteiger partial charge in [-0.05, 0) is 59.1 Å². The van der Waals surface area contributed by atoms with E-state index < -0.39 is 23.6 Å². The number of carboxylic acid groups (broad SMARTS) is 1. The minimum atomic E-state index is -1.16. The van der Waals surface area contributed by atoms with Crippen molar-refractivity contribution in [2.75, 3.05) is 11.9 Å². The predicted molar refractivity (Wildman–Crippen MR) is 92.3 cm³/mol. The van der Waals surface area contributed by atoms with Crippen molar-refractivity contribution in [2.45, 2.75) is 58.6 Å². The van der Waals surface area contributed by atoms with Crippen LogP contribution in [0.25, 0.3) is 0 Å². The standard InChI is InChI=1S/C17H26FN3O4/c1-11(7-5-6-10-19-16(24)25-17(2,3)4)20-14-12(15(22)23)8-9-13(18)21-14/h8-9,11H,5-7,10H2,1-4H3,(H,19,24)(H,20,21)(H,22,23). The normalized spacial score (nSPS) is 12.4. The van der Waals surface area contributed by atoms with E-state index in [-0.39, 0.29) is 17.4 Å². The molecule has 1 aromatic heterocycles. The first kappa shape index (κ1) is 20.7. The van der Waals surface area contributed by atoms with Gasteiger partial charge in [-0.2, -0.15) is 4.39 Å². The van der Waals surface area contributed by atoms with E-state index in [2.05, 4.69) is 15.6 Å². The number of aromatic nitrogens is 1. The van der Waals surface area contributed by atoms with Gasteiger partial charge in [0.15, 0.2) is 0 Å². The summed E-state index contributed by atoms with van der Waals surface area (Å²) < 4.78 is 18.3. The first-order chi connectivity index (χ1) is 11.6. The molecule has 1 atom stereocenters. The maximum Gasteiger partial charge on any atom is 0.407 e. The van der Waals surface area contributed by atoms with Crippen LogP contribution < -0.4 is 10.6 Å². The molecule has 0 saturated heterocycles. The average Bonchev–Trinajstić information content (AvgIpc) is 2.44. The van der Waals surface area contributed by atoms with Crippen LogP contribution in [-0.4, -0.2) is 40.3 Å². The van der Waals surface area contributed by atoms with Gasteiger partial charge in [0.1, 0.15) is 17.0 Å². The Morgan fingerprint density at radius 1 is 1.32 bits per heavy atom. The number of carboxylic acids is 1. The maximum absolute atomic E-state index is 13.2. The highest BCUT2D eigenvalue weighted by atomic mass is 19.1. The number of hydrogen-bond acceptors (Lipinski definition) is 5. The molecule has 140 valence electrons. The molecular weight excluding hydrogens is 329 g/mol. The Hall–Kier alpha value is -2.38. The second kappa shape index (κ2) is 9.19. The zero-order valence-electron chi connectivity index (χ0n) is 15.1. The molecule has 1 rings (SSSR count). The largest absolute Gasteiger partial charge is 0.478 e. The van der Waals surface area contributed by atoms with Gasteiger partial charge in [0.25, 0.3) is 0 Å². The number of amides is 1. The van der Waals surface area contributed by atoms with Crippen LogP contribution in [0.15, 0.2) is 12.1 Å². The van der Waals surface area contributed by atoms with Crippen LogP contribution >= 0.6 is 0 Å². The lowest BCUT2D eigenvalue weighted by Crippen LogP contribution is -2.33. The number of nitrogens with one attached hydrogen (secondary N) is 2. The summed E-state index contributed by atoms with van der Waals surface area (Å²) in [4.78, 5) is 26.2. The Morgan fingerprint density at radius 2 is 2.00 bits per heavy atom. The summed E-state index contributed by atoms with van der Waals surface area (Å²) in [5.74, 6) is -1.88. The lowest BCUT2D eigenvalue weighted by molar-refractivity contribution is 0.0526. The van der Waals surface area contributed by atoms with Crippen LogP contribution in [0.1, 0.15) is 57.3 Å². The maximum atomic E-state index is 13.2. The highest BCUT2D eigenvalue weighted by Crippen LogP contribution is 2.16. The number of carbonyl (C=O) groups excluding carboxylic acids is 1. The molecule has 3 N–H and O–H groups in total. The van der Waals surface area contributed by atoms with Gasteiger partial charge < -0.3 is 20.5 Å². The quantitative estimate of drug-likeness (QED) is 0.488. The number of hydrogen-bond donors (Lipinski definition) is 3. The third kappa shape index (κ3) is 8.32. The number of unbranched alkanes of at least 4 members (excludes halogenated alkanes) is 1. The van der Waals surface area contributed by atoms with Crippen LogP contribution in [0.5, 0.6) is 0 Å². The SMILES string of the molecule is CC(CCCCNC(=O)OC(C)(C)C)Nc1nc(F)ccc1C(=O)O. The summed E-state index contributed by atoms with van der Waals surface area (Å²) in [6, 6.07) is 2.11. The Kier molecular flexibility index (Phi) is 7.60. The van der Waals surface area contributed by atoms with Gasteiger partial charge >= 0.3 is 12.1 Å². The molecular formula is C17H26FN3O4. The van der Waals surface area contributed by atoms with Crippen LogP contribution in [0.4, 0.5) is 15.0 Å². The van der Waals surface area contributed by atoms with Crippen molar-refractivity contribution in [3.05, 3.63) is 23.6 Å². The fourth-order valence-electron chi connectivity index (χ4n) is 2.10. The molecule has 0 bridgehead atoms. The van der Waals surface area contributed by atoms with Crippen molar-refractivity contribution < 1.29 is 23.8 Å². The van der Waals surface area contributed by atoms with Gasteiger partial charge in [-0.15, -0.1) is 0 Å². The number of carbonyl (C=O) groups is 2. The first-order valence-electron chi connectivity index (χ1n) is 8.21. The van der Waals surface area contributed by atoms with Gasteiger partial charge in [0.2, 0.25) is 5.95 Å². The Balaban J connectivity index is 2.34. The molecule has 1 amide bonds. The average molecular weight is 355 g/mol. The summed E-state index contributed by atoms with van der Waals surface area (Å²) in [6.07, 6.45) is 1.80. The minimum Gasteiger partial charge on any atom is -0.478 e. The van der Waals surface area contributed by atoms with Gasteiger partial charge in [-0.1, -0.05) is 0 Å². The van der Waals surface area contributed by atoms with Crippen molar-refractivity contribution in [1.82, 2.24) is 10.3 Å². The van der Waals surface area contributed by atoms with E-state index in [9.17, 15) is 14.0 Å². The second-order valence-corrected chi connectivity index (χ2v) is 6.81. The van der Waals surface area contributed by atoms with Crippen molar-refractivity contribution in [3.8, 4) is 0 Å². The first-order valence-corrected chi connectivity index (χ1v) is 8.21. The van der Waals surface area contributed by atoms with E-state index in [4.69, 9.17) is 9.84 Å². The molecule has 8 heteroatoms. The van der Waals surface area contributed by atoms with E-state index in [1.165, 1.54) is 6.07 Å². The molecule has 0 aromatic carbocycles. The Labute approximate surface area is 147 Å². The van der Waals surface area contributed by atoms with Crippen molar-refractivity contribution >= 4 is 17.9 Å². The van der Waals surface area contributed by atoms with E-state index >= 15 is 0 Å². The third-order valence-electron chi connectivity index (χ3n) is 3.21. The molecule has 1 heterocycles. The number of ether oxygens (including phenoxy) is 1. The van der Waals surface area contributed by atoms with E-state index in [1.807, 2.05) is 6.92 Å². The smallest absolute Gasteiger partial charge is 0.407 e. The molecule has 0 spiro atoms. The van der Waals surface area contributed by atoms with Crippen molar-refractivity contribution in [3.63, 3.8) is 0 Å². The number of pyridine rings is 1. The van der Waals surface area contributed by atoms with E-state index in [0.29, 0.717) is 13.0 Å². The number of aromatic carboxylic acids is 1. The zero-order chi connectivity index (χ0) is 19.0. The number of alkyl carbamates (subject to hydrolysis) is 1. The van der Waals surface area contributed by atoms with Crippen LogP contribution in [-0.2, 0) is 4.74 Å². The van der Waals surface area contributed by atoms with Crippen LogP contribution in [0.2, 0.25) is 0 Å². The summed E-state index contributed by atoms with van der Waals surface area (Å²) in [5.41, 5.74) is -0.595. The minimum absolute atomic E-state index is 0.0203. The highest BCUT2D eigenvalue weighted by Gasteiger charge is 2.16. The fourth-order valence-corrected chi connectivity index (χ4v) is 2.10. The van der Waals surface area contributed by atoms with E-state index in [1.54, 1.807) is 20.8 Å². The third-order valence-corrected chi connectivity index (χ3v) is 3.21. The molecule has 0 fully saturated rings. The summed E-state index contributed by atoms with van der Waals surface area (Å²) >= 11 is 0. The zero-order valence-corrected chi connectivity index (χ0v) is 15.1. The Bertz CT molecular complexity index is 602. The summed E-state index contributed by atoms with van der Waals surface area (Å²) in [7, 11) is 0. The predicted octanol–water partition coefficient (Wildman–Crippen LogP) is 3.41. The topological polar surface area (TPSA) is 101 Å². The fraction of sp³-hybridized carbons (Fsp3) is 0.588. The summed E-state index contributed by atoms with van der Waals surface area (Å²) in [5, 5.41) is 14.7. The second-order valence-electron chi connectivity index (χ2n) is 6.81. The molecule has 1 unspecified atom stereocenters. The number of halogens is 1. The highest BCUT2D eigenvalue weighted by molar-refractivity contribution is 5.93.